The van der Waals surface area contributed by atoms with Gasteiger partial charge in [0.05, 0.1) is 32.7 Å². The van der Waals surface area contributed by atoms with Crippen molar-refractivity contribution in [2.75, 3.05) is 21.3 Å². The number of nitrogens with zero attached hydrogens (tertiary/aromatic N) is 2. The lowest BCUT2D eigenvalue weighted by Crippen LogP contribution is -1.96. The first-order chi connectivity index (χ1) is 12.7. The van der Waals surface area contributed by atoms with Crippen molar-refractivity contribution >= 4 is 11.4 Å². The molecule has 3 rings (SSSR count). The lowest BCUT2D eigenvalue weighted by molar-refractivity contribution is 0.355. The second kappa shape index (κ2) is 7.56. The number of hydrogen-bond donors (Lipinski definition) is 2. The van der Waals surface area contributed by atoms with Gasteiger partial charge in [-0.15, -0.1) is 5.11 Å². The lowest BCUT2D eigenvalue weighted by atomic mass is 10.1. The number of H-pyrrole nitrogens is 2. The van der Waals surface area contributed by atoms with Gasteiger partial charge in [0.2, 0.25) is 0 Å². The summed E-state index contributed by atoms with van der Waals surface area (Å²) in [6.45, 7) is 0. The van der Waals surface area contributed by atoms with Gasteiger partial charge in [-0.2, -0.15) is 5.11 Å². The smallest absolute Gasteiger partial charge is 0.292 e. The van der Waals surface area contributed by atoms with Crippen LogP contribution >= 0.6 is 0 Å². The number of methoxy groups -OCH3 is 3. The molecule has 3 aromatic rings. The summed E-state index contributed by atoms with van der Waals surface area (Å²) in [4.78, 5) is 12.1. The monoisotopic (exact) mass is 354 g/mol. The predicted molar refractivity (Wildman–Crippen MR) is 97.1 cm³/mol. The molecule has 0 saturated carbocycles. The Morgan fingerprint density at radius 3 is 2.19 bits per heavy atom. The molecule has 0 spiro atoms. The zero-order valence-corrected chi connectivity index (χ0v) is 14.6. The molecule has 1 heterocycles. The van der Waals surface area contributed by atoms with Gasteiger partial charge in [0.1, 0.15) is 5.75 Å². The van der Waals surface area contributed by atoms with E-state index in [9.17, 15) is 4.79 Å². The number of azo groups is 1. The van der Waals surface area contributed by atoms with E-state index in [0.29, 0.717) is 28.4 Å². The summed E-state index contributed by atoms with van der Waals surface area (Å²) in [5.41, 5.74) is 1.63. The molecule has 8 nitrogen and oxygen atoms in total. The van der Waals surface area contributed by atoms with Gasteiger partial charge in [-0.1, -0.05) is 0 Å². The molecule has 0 aliphatic heterocycles. The fourth-order valence-electron chi connectivity index (χ4n) is 2.40. The molecule has 0 amide bonds. The van der Waals surface area contributed by atoms with Gasteiger partial charge in [-0.05, 0) is 42.5 Å². The maximum absolute atomic E-state index is 12.1. The maximum atomic E-state index is 12.1. The van der Waals surface area contributed by atoms with Crippen LogP contribution in [0.1, 0.15) is 0 Å². The molecule has 8 heteroatoms. The van der Waals surface area contributed by atoms with Gasteiger partial charge < -0.3 is 14.2 Å². The highest BCUT2D eigenvalue weighted by Gasteiger charge is 2.14. The van der Waals surface area contributed by atoms with E-state index in [1.54, 1.807) is 63.8 Å². The Bertz CT molecular complexity index is 974. The quantitative estimate of drug-likeness (QED) is 0.657. The van der Waals surface area contributed by atoms with Crippen LogP contribution in [0.2, 0.25) is 0 Å². The van der Waals surface area contributed by atoms with Crippen LogP contribution in [0.4, 0.5) is 11.4 Å². The van der Waals surface area contributed by atoms with Crippen LogP contribution in [0.3, 0.4) is 0 Å². The van der Waals surface area contributed by atoms with Crippen molar-refractivity contribution in [3.8, 4) is 28.5 Å². The summed E-state index contributed by atoms with van der Waals surface area (Å²) < 4.78 is 15.6. The predicted octanol–water partition coefficient (Wildman–Crippen LogP) is 3.81. The number of ether oxygens (including phenoxy) is 3. The third-order valence-electron chi connectivity index (χ3n) is 3.76. The zero-order valence-electron chi connectivity index (χ0n) is 14.6. The summed E-state index contributed by atoms with van der Waals surface area (Å²) in [5, 5.41) is 13.6. The van der Waals surface area contributed by atoms with E-state index < -0.39 is 0 Å². The number of nitrogens with one attached hydrogen (secondary N) is 2. The molecular formula is C18H18N4O4. The number of hydrogen-bond acceptors (Lipinski definition) is 6. The highest BCUT2D eigenvalue weighted by molar-refractivity contribution is 5.73. The highest BCUT2D eigenvalue weighted by Crippen LogP contribution is 2.34. The molecule has 26 heavy (non-hydrogen) atoms. The van der Waals surface area contributed by atoms with E-state index >= 15 is 0 Å². The van der Waals surface area contributed by atoms with Gasteiger partial charge in [-0.3, -0.25) is 15.0 Å². The molecule has 0 unspecified atom stereocenters. The van der Waals surface area contributed by atoms with E-state index in [-0.39, 0.29) is 11.2 Å². The fraction of sp³-hybridized carbons (Fsp3) is 0.167. The topological polar surface area (TPSA) is 101 Å². The van der Waals surface area contributed by atoms with Crippen LogP contribution in [0, 0.1) is 0 Å². The Morgan fingerprint density at radius 1 is 0.808 bits per heavy atom. The minimum atomic E-state index is -0.368. The van der Waals surface area contributed by atoms with Crippen LogP contribution in [0.25, 0.3) is 11.3 Å². The van der Waals surface area contributed by atoms with Gasteiger partial charge in [0.15, 0.2) is 17.2 Å². The molecule has 0 aliphatic rings. The number of benzene rings is 2. The number of aromatic nitrogens is 2. The first-order valence-electron chi connectivity index (χ1n) is 7.75. The normalized spacial score (nSPS) is 10.9. The second-order valence-electron chi connectivity index (χ2n) is 5.27. The van der Waals surface area contributed by atoms with Gasteiger partial charge in [0, 0.05) is 5.56 Å². The van der Waals surface area contributed by atoms with Crippen LogP contribution in [-0.2, 0) is 0 Å². The maximum Gasteiger partial charge on any atom is 0.292 e. The van der Waals surface area contributed by atoms with Crippen molar-refractivity contribution in [1.29, 1.82) is 0 Å². The number of rotatable bonds is 6. The molecule has 1 aromatic heterocycles. The Kier molecular flexibility index (Phi) is 5.02. The third kappa shape index (κ3) is 3.44. The standard InChI is InChI=1S/C18H18N4O4/c1-24-13-7-5-12(6-8-13)19-21-17-16(20-22-18(17)23)11-4-9-14(25-2)15(10-11)26-3/h4-10H,1-3H3,(H2,20,22,23). The first-order valence-corrected chi connectivity index (χ1v) is 7.75. The fourth-order valence-corrected chi connectivity index (χ4v) is 2.40. The minimum Gasteiger partial charge on any atom is -0.497 e. The average Bonchev–Trinajstić information content (AvgIpc) is 3.06. The minimum absolute atomic E-state index is 0.174. The van der Waals surface area contributed by atoms with Crippen LogP contribution in [0.15, 0.2) is 57.5 Å². The molecule has 2 N–H and O–H groups in total. The van der Waals surface area contributed by atoms with Crippen molar-refractivity contribution in [3.63, 3.8) is 0 Å². The Hall–Kier alpha value is -3.55. The molecule has 0 atom stereocenters. The molecular weight excluding hydrogens is 336 g/mol. The summed E-state index contributed by atoms with van der Waals surface area (Å²) in [7, 11) is 4.70. The van der Waals surface area contributed by atoms with Crippen LogP contribution < -0.4 is 19.8 Å². The Balaban J connectivity index is 1.96. The van der Waals surface area contributed by atoms with Gasteiger partial charge in [-0.25, -0.2) is 0 Å². The summed E-state index contributed by atoms with van der Waals surface area (Å²) >= 11 is 0. The van der Waals surface area contributed by atoms with E-state index in [0.717, 1.165) is 5.75 Å². The van der Waals surface area contributed by atoms with E-state index in [1.807, 2.05) is 0 Å². The molecule has 134 valence electrons. The van der Waals surface area contributed by atoms with Crippen LogP contribution in [0.5, 0.6) is 17.2 Å². The highest BCUT2D eigenvalue weighted by atomic mass is 16.5. The molecule has 2 aromatic carbocycles. The molecule has 0 bridgehead atoms. The summed E-state index contributed by atoms with van der Waals surface area (Å²) in [6.07, 6.45) is 0. The third-order valence-corrected chi connectivity index (χ3v) is 3.76. The second-order valence-corrected chi connectivity index (χ2v) is 5.27. The molecule has 0 aliphatic carbocycles. The summed E-state index contributed by atoms with van der Waals surface area (Å²) in [5.74, 6) is 1.86. The van der Waals surface area contributed by atoms with E-state index in [2.05, 4.69) is 20.4 Å². The van der Waals surface area contributed by atoms with Crippen molar-refractivity contribution in [2.45, 2.75) is 0 Å². The summed E-state index contributed by atoms with van der Waals surface area (Å²) in [6, 6.07) is 12.3. The molecule has 0 radical (unpaired) electrons. The van der Waals surface area contributed by atoms with Gasteiger partial charge >= 0.3 is 0 Å². The first kappa shape index (κ1) is 17.3. The molecule has 0 fully saturated rings. The van der Waals surface area contributed by atoms with E-state index in [4.69, 9.17) is 14.2 Å². The van der Waals surface area contributed by atoms with Crippen LogP contribution in [-0.4, -0.2) is 31.5 Å². The lowest BCUT2D eigenvalue weighted by Gasteiger charge is -2.08. The Labute approximate surface area is 149 Å². The van der Waals surface area contributed by atoms with Crippen molar-refractivity contribution < 1.29 is 14.2 Å². The van der Waals surface area contributed by atoms with Crippen molar-refractivity contribution in [3.05, 3.63) is 52.8 Å². The van der Waals surface area contributed by atoms with Crippen molar-refractivity contribution in [1.82, 2.24) is 10.2 Å². The largest absolute Gasteiger partial charge is 0.497 e. The molecule has 0 saturated heterocycles. The SMILES string of the molecule is COc1ccc(N=Nc2c(-c3ccc(OC)c(OC)c3)[nH][nH]c2=O)cc1. The number of aromatic amines is 2. The Morgan fingerprint density at radius 2 is 1.54 bits per heavy atom. The van der Waals surface area contributed by atoms with E-state index in [1.165, 1.54) is 0 Å². The van der Waals surface area contributed by atoms with Gasteiger partial charge in [0.25, 0.3) is 5.56 Å². The average molecular weight is 354 g/mol. The van der Waals surface area contributed by atoms with Crippen molar-refractivity contribution in [2.24, 2.45) is 10.2 Å². The zero-order chi connectivity index (χ0) is 18.5.